The second-order valence-electron chi connectivity index (χ2n) is 5.32. The van der Waals surface area contributed by atoms with Gasteiger partial charge in [-0.05, 0) is 50.6 Å². The Morgan fingerprint density at radius 1 is 1.25 bits per heavy atom. The van der Waals surface area contributed by atoms with E-state index in [1.54, 1.807) is 12.1 Å². The van der Waals surface area contributed by atoms with E-state index in [0.29, 0.717) is 12.2 Å². The summed E-state index contributed by atoms with van der Waals surface area (Å²) in [4.78, 5) is 2.54. The van der Waals surface area contributed by atoms with Gasteiger partial charge in [0.15, 0.2) is 0 Å². The average molecular weight is 297 g/mol. The number of nitrogens with two attached hydrogens (primary N) is 1. The van der Waals surface area contributed by atoms with Crippen molar-refractivity contribution in [1.82, 2.24) is 9.62 Å². The number of benzene rings is 1. The van der Waals surface area contributed by atoms with Gasteiger partial charge in [-0.3, -0.25) is 0 Å². The molecule has 0 amide bonds. The largest absolute Gasteiger partial charge is 0.398 e. The second kappa shape index (κ2) is 6.56. The normalized spacial score (nSPS) is 17.2. The first-order chi connectivity index (χ1) is 9.49. The molecule has 1 aromatic rings. The number of hydrogen-bond acceptors (Lipinski definition) is 4. The standard InChI is InChI=1S/C14H23N3O2S/c1-12-5-6-13(11-14(12)15)20(18,19)16-7-10-17-8-3-2-4-9-17/h5-6,11,16H,2-4,7-10,15H2,1H3. The van der Waals surface area contributed by atoms with Crippen LogP contribution in [0.25, 0.3) is 0 Å². The Labute approximate surface area is 121 Å². The van der Waals surface area contributed by atoms with Gasteiger partial charge in [0.05, 0.1) is 4.90 Å². The summed E-state index contributed by atoms with van der Waals surface area (Å²) in [6, 6.07) is 4.84. The maximum atomic E-state index is 12.2. The summed E-state index contributed by atoms with van der Waals surface area (Å²) in [5.74, 6) is 0. The topological polar surface area (TPSA) is 75.4 Å². The van der Waals surface area contributed by atoms with Crippen molar-refractivity contribution in [3.05, 3.63) is 23.8 Å². The minimum absolute atomic E-state index is 0.235. The summed E-state index contributed by atoms with van der Waals surface area (Å²) >= 11 is 0. The molecule has 1 aromatic carbocycles. The van der Waals surface area contributed by atoms with E-state index < -0.39 is 10.0 Å². The molecule has 1 aliphatic heterocycles. The fourth-order valence-electron chi connectivity index (χ4n) is 2.39. The molecule has 0 bridgehead atoms. The first-order valence-electron chi connectivity index (χ1n) is 7.07. The van der Waals surface area contributed by atoms with Crippen molar-refractivity contribution in [2.75, 3.05) is 31.9 Å². The van der Waals surface area contributed by atoms with Crippen molar-refractivity contribution in [1.29, 1.82) is 0 Å². The lowest BCUT2D eigenvalue weighted by atomic mass is 10.1. The lowest BCUT2D eigenvalue weighted by Crippen LogP contribution is -2.37. The van der Waals surface area contributed by atoms with Crippen LogP contribution in [0.1, 0.15) is 24.8 Å². The zero-order valence-electron chi connectivity index (χ0n) is 11.9. The lowest BCUT2D eigenvalue weighted by Gasteiger charge is -2.26. The fourth-order valence-corrected chi connectivity index (χ4v) is 3.45. The molecule has 0 spiro atoms. The maximum Gasteiger partial charge on any atom is 0.240 e. The van der Waals surface area contributed by atoms with Gasteiger partial charge in [0.2, 0.25) is 10.0 Å². The Morgan fingerprint density at radius 2 is 1.95 bits per heavy atom. The molecule has 1 heterocycles. The van der Waals surface area contributed by atoms with Crippen LogP contribution in [0.2, 0.25) is 0 Å². The molecule has 5 nitrogen and oxygen atoms in total. The number of nitrogens with one attached hydrogen (secondary N) is 1. The van der Waals surface area contributed by atoms with Crippen LogP contribution in [0.15, 0.2) is 23.1 Å². The lowest BCUT2D eigenvalue weighted by molar-refractivity contribution is 0.233. The number of hydrogen-bond donors (Lipinski definition) is 2. The van der Waals surface area contributed by atoms with Gasteiger partial charge < -0.3 is 10.6 Å². The van der Waals surface area contributed by atoms with E-state index in [2.05, 4.69) is 9.62 Å². The maximum absolute atomic E-state index is 12.2. The Balaban J connectivity index is 1.91. The number of sulfonamides is 1. The van der Waals surface area contributed by atoms with Crippen LogP contribution < -0.4 is 10.5 Å². The van der Waals surface area contributed by atoms with Gasteiger partial charge in [-0.1, -0.05) is 12.5 Å². The molecule has 6 heteroatoms. The van der Waals surface area contributed by atoms with E-state index in [4.69, 9.17) is 5.73 Å². The van der Waals surface area contributed by atoms with Crippen molar-refractivity contribution in [3.63, 3.8) is 0 Å². The zero-order chi connectivity index (χ0) is 14.6. The van der Waals surface area contributed by atoms with Crippen LogP contribution in [0.3, 0.4) is 0 Å². The molecule has 0 radical (unpaired) electrons. The number of nitrogens with zero attached hydrogens (tertiary/aromatic N) is 1. The Morgan fingerprint density at radius 3 is 2.60 bits per heavy atom. The Bertz CT molecular complexity index is 552. The molecule has 1 aliphatic rings. The van der Waals surface area contributed by atoms with Crippen molar-refractivity contribution in [2.24, 2.45) is 0 Å². The quantitative estimate of drug-likeness (QED) is 0.804. The highest BCUT2D eigenvalue weighted by Crippen LogP contribution is 2.17. The third kappa shape index (κ3) is 3.94. The highest BCUT2D eigenvalue weighted by molar-refractivity contribution is 7.89. The molecule has 1 fully saturated rings. The van der Waals surface area contributed by atoms with Crippen molar-refractivity contribution in [3.8, 4) is 0 Å². The van der Waals surface area contributed by atoms with E-state index in [9.17, 15) is 8.42 Å². The third-order valence-corrected chi connectivity index (χ3v) is 5.19. The second-order valence-corrected chi connectivity index (χ2v) is 7.09. The van der Waals surface area contributed by atoms with E-state index in [-0.39, 0.29) is 4.90 Å². The highest BCUT2D eigenvalue weighted by atomic mass is 32.2. The van der Waals surface area contributed by atoms with E-state index >= 15 is 0 Å². The van der Waals surface area contributed by atoms with Crippen LogP contribution in [-0.4, -0.2) is 39.5 Å². The van der Waals surface area contributed by atoms with Gasteiger partial charge >= 0.3 is 0 Å². The average Bonchev–Trinajstić information content (AvgIpc) is 2.43. The Kier molecular flexibility index (Phi) is 5.01. The van der Waals surface area contributed by atoms with Gasteiger partial charge in [0.25, 0.3) is 0 Å². The minimum atomic E-state index is -3.46. The third-order valence-electron chi connectivity index (χ3n) is 3.73. The number of piperidine rings is 1. The summed E-state index contributed by atoms with van der Waals surface area (Å²) in [5.41, 5.74) is 7.15. The van der Waals surface area contributed by atoms with E-state index in [1.807, 2.05) is 6.92 Å². The molecule has 0 aromatic heterocycles. The van der Waals surface area contributed by atoms with E-state index in [1.165, 1.54) is 25.3 Å². The van der Waals surface area contributed by atoms with E-state index in [0.717, 1.165) is 25.2 Å². The summed E-state index contributed by atoms with van der Waals surface area (Å²) in [6.07, 6.45) is 3.70. The van der Waals surface area contributed by atoms with Crippen LogP contribution in [0.5, 0.6) is 0 Å². The molecule has 0 atom stereocenters. The first kappa shape index (κ1) is 15.3. The number of anilines is 1. The number of rotatable bonds is 5. The summed E-state index contributed by atoms with van der Waals surface area (Å²) in [7, 11) is -3.46. The summed E-state index contributed by atoms with van der Waals surface area (Å²) < 4.78 is 26.9. The molecular weight excluding hydrogens is 274 g/mol. The van der Waals surface area contributed by atoms with Crippen LogP contribution in [0.4, 0.5) is 5.69 Å². The van der Waals surface area contributed by atoms with Crippen molar-refractivity contribution < 1.29 is 8.42 Å². The van der Waals surface area contributed by atoms with Crippen LogP contribution >= 0.6 is 0 Å². The molecular formula is C14H23N3O2S. The van der Waals surface area contributed by atoms with Gasteiger partial charge in [-0.25, -0.2) is 13.1 Å². The highest BCUT2D eigenvalue weighted by Gasteiger charge is 2.15. The molecule has 0 saturated carbocycles. The number of likely N-dealkylation sites (tertiary alicyclic amines) is 1. The smallest absolute Gasteiger partial charge is 0.240 e. The molecule has 3 N–H and O–H groups in total. The molecule has 0 unspecified atom stereocenters. The number of aryl methyl sites for hydroxylation is 1. The van der Waals surface area contributed by atoms with Gasteiger partial charge in [-0.15, -0.1) is 0 Å². The van der Waals surface area contributed by atoms with Crippen LogP contribution in [0, 0.1) is 6.92 Å². The SMILES string of the molecule is Cc1ccc(S(=O)(=O)NCCN2CCCCC2)cc1N. The summed E-state index contributed by atoms with van der Waals surface area (Å²) in [6.45, 7) is 5.20. The molecule has 0 aliphatic carbocycles. The molecule has 20 heavy (non-hydrogen) atoms. The monoisotopic (exact) mass is 297 g/mol. The fraction of sp³-hybridized carbons (Fsp3) is 0.571. The zero-order valence-corrected chi connectivity index (χ0v) is 12.7. The minimum Gasteiger partial charge on any atom is -0.398 e. The first-order valence-corrected chi connectivity index (χ1v) is 8.55. The van der Waals surface area contributed by atoms with Gasteiger partial charge in [-0.2, -0.15) is 0 Å². The molecule has 2 rings (SSSR count). The predicted octanol–water partition coefficient (Wildman–Crippen LogP) is 1.34. The Hall–Kier alpha value is -1.11. The van der Waals surface area contributed by atoms with Crippen molar-refractivity contribution in [2.45, 2.75) is 31.1 Å². The van der Waals surface area contributed by atoms with Gasteiger partial charge in [0, 0.05) is 18.8 Å². The molecule has 1 saturated heterocycles. The number of nitrogen functional groups attached to an aromatic ring is 1. The van der Waals surface area contributed by atoms with Crippen molar-refractivity contribution >= 4 is 15.7 Å². The predicted molar refractivity (Wildman–Crippen MR) is 81.1 cm³/mol. The van der Waals surface area contributed by atoms with Crippen LogP contribution in [-0.2, 0) is 10.0 Å². The van der Waals surface area contributed by atoms with Gasteiger partial charge in [0.1, 0.15) is 0 Å². The summed E-state index contributed by atoms with van der Waals surface area (Å²) in [5, 5.41) is 0. The molecule has 112 valence electrons.